The molecule has 3 nitrogen and oxygen atoms in total. The second kappa shape index (κ2) is 5.59. The zero-order valence-electron chi connectivity index (χ0n) is 11.6. The van der Waals surface area contributed by atoms with Gasteiger partial charge in [-0.25, -0.2) is 0 Å². The predicted octanol–water partition coefficient (Wildman–Crippen LogP) is 4.76. The first-order valence-electron chi connectivity index (χ1n) is 6.59. The van der Waals surface area contributed by atoms with Crippen LogP contribution in [0.3, 0.4) is 0 Å². The van der Waals surface area contributed by atoms with Crippen LogP contribution in [0.2, 0.25) is 10.0 Å². The van der Waals surface area contributed by atoms with E-state index in [9.17, 15) is 9.59 Å². The zero-order valence-corrected chi connectivity index (χ0v) is 13.2. The summed E-state index contributed by atoms with van der Waals surface area (Å²) >= 11 is 12.1. The molecule has 0 radical (unpaired) electrons. The van der Waals surface area contributed by atoms with Crippen molar-refractivity contribution in [2.75, 3.05) is 0 Å². The Labute approximate surface area is 137 Å². The van der Waals surface area contributed by atoms with Gasteiger partial charge in [-0.1, -0.05) is 41.4 Å². The van der Waals surface area contributed by atoms with E-state index in [4.69, 9.17) is 23.2 Å². The van der Waals surface area contributed by atoms with Gasteiger partial charge in [-0.2, -0.15) is 0 Å². The number of nitrogens with zero attached hydrogens (tertiary/aromatic N) is 1. The zero-order chi connectivity index (χ0) is 15.9. The monoisotopic (exact) mass is 331 g/mol. The van der Waals surface area contributed by atoms with E-state index < -0.39 is 0 Å². The van der Waals surface area contributed by atoms with E-state index in [2.05, 4.69) is 0 Å². The Kier molecular flexibility index (Phi) is 3.77. The van der Waals surface area contributed by atoms with Gasteiger partial charge >= 0.3 is 0 Å². The predicted molar refractivity (Wildman–Crippen MR) is 88.3 cm³/mol. The van der Waals surface area contributed by atoms with Crippen LogP contribution in [-0.4, -0.2) is 16.8 Å². The largest absolute Gasteiger partial charge is 0.298 e. The first kappa shape index (κ1) is 14.8. The highest BCUT2D eigenvalue weighted by Crippen LogP contribution is 2.28. The highest BCUT2D eigenvalue weighted by Gasteiger charge is 2.21. The number of carbonyl (C=O) groups excluding carboxylic acids is 2. The molecule has 1 aromatic heterocycles. The Balaban J connectivity index is 2.30. The van der Waals surface area contributed by atoms with Crippen molar-refractivity contribution in [3.63, 3.8) is 0 Å². The van der Waals surface area contributed by atoms with Gasteiger partial charge in [0, 0.05) is 21.7 Å². The fourth-order valence-corrected chi connectivity index (χ4v) is 2.96. The minimum atomic E-state index is -0.311. The molecule has 1 heterocycles. The Bertz CT molecular complexity index is 912. The molecular formula is C17H11Cl2NO2. The van der Waals surface area contributed by atoms with E-state index in [1.165, 1.54) is 10.6 Å². The van der Waals surface area contributed by atoms with Crippen molar-refractivity contribution in [2.45, 2.75) is 6.92 Å². The van der Waals surface area contributed by atoms with Crippen LogP contribution in [0, 0.1) is 6.92 Å². The maximum absolute atomic E-state index is 12.9. The van der Waals surface area contributed by atoms with Crippen LogP contribution >= 0.6 is 23.2 Å². The third-order valence-corrected chi connectivity index (χ3v) is 4.20. The minimum absolute atomic E-state index is 0.301. The summed E-state index contributed by atoms with van der Waals surface area (Å²) < 4.78 is 1.50. The number of hydrogen-bond donors (Lipinski definition) is 0. The molecule has 0 saturated heterocycles. The van der Waals surface area contributed by atoms with Crippen LogP contribution in [0.1, 0.15) is 26.4 Å². The lowest BCUT2D eigenvalue weighted by Gasteiger charge is -2.09. The van der Waals surface area contributed by atoms with Gasteiger partial charge < -0.3 is 0 Å². The standard InChI is InChI=1S/C17H11Cl2NO2/c1-10-14(9-21)12-4-2-3-5-16(12)20(10)17(22)13-8-11(18)6-7-15(13)19/h2-9H,1H3. The van der Waals surface area contributed by atoms with E-state index in [1.54, 1.807) is 25.1 Å². The highest BCUT2D eigenvalue weighted by molar-refractivity contribution is 6.36. The number of rotatable bonds is 2. The number of halogens is 2. The van der Waals surface area contributed by atoms with Crippen LogP contribution in [-0.2, 0) is 0 Å². The van der Waals surface area contributed by atoms with Gasteiger partial charge in [0.15, 0.2) is 6.29 Å². The summed E-state index contributed by atoms with van der Waals surface area (Å²) in [5, 5.41) is 1.48. The summed E-state index contributed by atoms with van der Waals surface area (Å²) in [5.74, 6) is -0.311. The summed E-state index contributed by atoms with van der Waals surface area (Å²) in [6.45, 7) is 1.74. The molecule has 0 aliphatic heterocycles. The number of aldehydes is 1. The van der Waals surface area contributed by atoms with Crippen molar-refractivity contribution in [3.05, 3.63) is 69.3 Å². The van der Waals surface area contributed by atoms with Gasteiger partial charge in [0.05, 0.1) is 16.1 Å². The van der Waals surface area contributed by atoms with Crippen molar-refractivity contribution in [1.82, 2.24) is 4.57 Å². The lowest BCUT2D eigenvalue weighted by Crippen LogP contribution is -2.14. The Morgan fingerprint density at radius 3 is 2.59 bits per heavy atom. The van der Waals surface area contributed by atoms with Crippen LogP contribution in [0.4, 0.5) is 0 Å². The minimum Gasteiger partial charge on any atom is -0.298 e. The van der Waals surface area contributed by atoms with Gasteiger partial charge in [-0.05, 0) is 31.2 Å². The number of benzene rings is 2. The highest BCUT2D eigenvalue weighted by atomic mass is 35.5. The Morgan fingerprint density at radius 2 is 1.86 bits per heavy atom. The molecule has 0 fully saturated rings. The molecule has 3 rings (SSSR count). The lowest BCUT2D eigenvalue weighted by atomic mass is 10.1. The summed E-state index contributed by atoms with van der Waals surface area (Å²) in [6, 6.07) is 12.0. The fourth-order valence-electron chi connectivity index (χ4n) is 2.58. The molecule has 5 heteroatoms. The van der Waals surface area contributed by atoms with Crippen LogP contribution < -0.4 is 0 Å². The maximum Gasteiger partial charge on any atom is 0.264 e. The van der Waals surface area contributed by atoms with Crippen molar-refractivity contribution in [3.8, 4) is 0 Å². The molecule has 2 aromatic carbocycles. The van der Waals surface area contributed by atoms with Crippen LogP contribution in [0.15, 0.2) is 42.5 Å². The SMILES string of the molecule is Cc1c(C=O)c2ccccc2n1C(=O)c1cc(Cl)ccc1Cl. The van der Waals surface area contributed by atoms with Gasteiger partial charge in [0.25, 0.3) is 5.91 Å². The van der Waals surface area contributed by atoms with Crippen molar-refractivity contribution >= 4 is 46.3 Å². The molecule has 3 aromatic rings. The second-order valence-corrected chi connectivity index (χ2v) is 5.74. The molecule has 0 spiro atoms. The van der Waals surface area contributed by atoms with E-state index in [0.29, 0.717) is 32.4 Å². The number of para-hydroxylation sites is 1. The molecule has 0 aliphatic rings. The third kappa shape index (κ3) is 2.23. The summed E-state index contributed by atoms with van der Waals surface area (Å²) in [5.41, 5.74) is 2.05. The van der Waals surface area contributed by atoms with Gasteiger partial charge in [-0.15, -0.1) is 0 Å². The molecule has 110 valence electrons. The first-order valence-corrected chi connectivity index (χ1v) is 7.35. The number of fused-ring (bicyclic) bond motifs is 1. The normalized spacial score (nSPS) is 10.9. The van der Waals surface area contributed by atoms with Gasteiger partial charge in [0.2, 0.25) is 0 Å². The molecule has 0 amide bonds. The van der Waals surface area contributed by atoms with E-state index in [1.807, 2.05) is 18.2 Å². The molecule has 0 bridgehead atoms. The molecule has 0 saturated carbocycles. The summed E-state index contributed by atoms with van der Waals surface area (Å²) in [7, 11) is 0. The Morgan fingerprint density at radius 1 is 1.14 bits per heavy atom. The van der Waals surface area contributed by atoms with Crippen LogP contribution in [0.25, 0.3) is 10.9 Å². The van der Waals surface area contributed by atoms with Crippen molar-refractivity contribution in [2.24, 2.45) is 0 Å². The summed E-state index contributed by atoms with van der Waals surface area (Å²) in [6.07, 6.45) is 0.765. The average Bonchev–Trinajstić information content (AvgIpc) is 2.80. The van der Waals surface area contributed by atoms with E-state index in [-0.39, 0.29) is 5.91 Å². The lowest BCUT2D eigenvalue weighted by molar-refractivity contribution is 0.0963. The summed E-state index contributed by atoms with van der Waals surface area (Å²) in [4.78, 5) is 24.3. The topological polar surface area (TPSA) is 39.1 Å². The molecule has 22 heavy (non-hydrogen) atoms. The van der Waals surface area contributed by atoms with Gasteiger partial charge in [0.1, 0.15) is 0 Å². The van der Waals surface area contributed by atoms with E-state index in [0.717, 1.165) is 11.7 Å². The molecule has 0 unspecified atom stereocenters. The molecular weight excluding hydrogens is 321 g/mol. The molecule has 0 N–H and O–H groups in total. The van der Waals surface area contributed by atoms with Crippen LogP contribution in [0.5, 0.6) is 0 Å². The average molecular weight is 332 g/mol. The number of aromatic nitrogens is 1. The molecule has 0 aliphatic carbocycles. The number of carbonyl (C=O) groups is 2. The Hall–Kier alpha value is -2.10. The maximum atomic E-state index is 12.9. The van der Waals surface area contributed by atoms with Gasteiger partial charge in [-0.3, -0.25) is 14.2 Å². The van der Waals surface area contributed by atoms with E-state index >= 15 is 0 Å². The first-order chi connectivity index (χ1) is 10.5. The van der Waals surface area contributed by atoms with Crippen molar-refractivity contribution in [1.29, 1.82) is 0 Å². The molecule has 0 atom stereocenters. The second-order valence-electron chi connectivity index (χ2n) is 4.90. The van der Waals surface area contributed by atoms with Crippen molar-refractivity contribution < 1.29 is 9.59 Å². The smallest absolute Gasteiger partial charge is 0.264 e. The quantitative estimate of drug-likeness (QED) is 0.635. The number of hydrogen-bond acceptors (Lipinski definition) is 2. The third-order valence-electron chi connectivity index (χ3n) is 3.64. The fraction of sp³-hybridized carbons (Fsp3) is 0.0588.